The minimum atomic E-state index is -1.56. The fourth-order valence-corrected chi connectivity index (χ4v) is 3.41. The first kappa shape index (κ1) is 33.7. The Morgan fingerprint density at radius 2 is 1.46 bits per heavy atom. The highest BCUT2D eigenvalue weighted by Crippen LogP contribution is 2.31. The van der Waals surface area contributed by atoms with E-state index in [-0.39, 0.29) is 48.9 Å². The number of carbonyl (C=O) groups is 4. The lowest BCUT2D eigenvalue weighted by molar-refractivity contribution is -0.153. The molecule has 39 heavy (non-hydrogen) atoms. The number of hydrogen-bond acceptors (Lipinski definition) is 11. The minimum absolute atomic E-state index is 0.0179. The van der Waals surface area contributed by atoms with Gasteiger partial charge in [-0.2, -0.15) is 0 Å². The smallest absolute Gasteiger partial charge is 0.468 e. The van der Waals surface area contributed by atoms with Crippen LogP contribution in [0.1, 0.15) is 79.2 Å². The van der Waals surface area contributed by atoms with Crippen molar-refractivity contribution < 1.29 is 47.6 Å². The maximum atomic E-state index is 12.6. The molecule has 11 heteroatoms. The van der Waals surface area contributed by atoms with Crippen LogP contribution in [0, 0.1) is 5.92 Å². The summed E-state index contributed by atoms with van der Waals surface area (Å²) in [6.07, 6.45) is -0.164. The van der Waals surface area contributed by atoms with Crippen LogP contribution >= 0.6 is 0 Å². The quantitative estimate of drug-likeness (QED) is 0.176. The summed E-state index contributed by atoms with van der Waals surface area (Å²) in [6.45, 7) is 10.8. The minimum Gasteiger partial charge on any atom is -0.468 e. The Balaban J connectivity index is 3.18. The second-order valence-electron chi connectivity index (χ2n) is 9.59. The predicted octanol–water partition coefficient (Wildman–Crippen LogP) is 5.10. The summed E-state index contributed by atoms with van der Waals surface area (Å²) in [4.78, 5) is 49.4. The van der Waals surface area contributed by atoms with Gasteiger partial charge in [-0.05, 0) is 50.8 Å². The van der Waals surface area contributed by atoms with Gasteiger partial charge in [0.15, 0.2) is 11.5 Å². The van der Waals surface area contributed by atoms with Gasteiger partial charge in [0.1, 0.15) is 17.7 Å². The first-order valence-electron chi connectivity index (χ1n) is 13.3. The van der Waals surface area contributed by atoms with Gasteiger partial charge in [0.2, 0.25) is 0 Å². The van der Waals surface area contributed by atoms with Gasteiger partial charge >= 0.3 is 24.2 Å². The standard InChI is InChI=1S/C28H43NO10/c1-8-11-18(4)24(30)35-15-14-28(29,25(31)34-7)17-21-12-13-22(38-26(32)36-19(5)9-2)23(16-21)39-27(33)37-20(6)10-3/h12-13,16,18-20H,8-11,14-15,17,29H2,1-7H3/t18?,19-,20?,28+/m0/s1. The van der Waals surface area contributed by atoms with Crippen LogP contribution in [0.15, 0.2) is 18.2 Å². The molecule has 0 amide bonds. The number of esters is 2. The average Bonchev–Trinajstić information content (AvgIpc) is 2.89. The Morgan fingerprint density at radius 3 is 1.97 bits per heavy atom. The third-order valence-electron chi connectivity index (χ3n) is 6.17. The Hall–Kier alpha value is -3.34. The number of hydrogen-bond donors (Lipinski definition) is 1. The number of methoxy groups -OCH3 is 1. The second kappa shape index (κ2) is 16.6. The molecule has 2 unspecified atom stereocenters. The van der Waals surface area contributed by atoms with Gasteiger partial charge in [0.25, 0.3) is 0 Å². The van der Waals surface area contributed by atoms with Gasteiger partial charge < -0.3 is 34.2 Å². The van der Waals surface area contributed by atoms with Gasteiger partial charge in [-0.15, -0.1) is 0 Å². The fourth-order valence-electron chi connectivity index (χ4n) is 3.41. The number of nitrogens with two attached hydrogens (primary N) is 1. The van der Waals surface area contributed by atoms with E-state index in [0.29, 0.717) is 24.8 Å². The van der Waals surface area contributed by atoms with Crippen molar-refractivity contribution >= 4 is 24.2 Å². The first-order valence-corrected chi connectivity index (χ1v) is 13.3. The average molecular weight is 554 g/mol. The molecule has 0 fully saturated rings. The lowest BCUT2D eigenvalue weighted by atomic mass is 9.88. The van der Waals surface area contributed by atoms with Gasteiger partial charge in [-0.1, -0.05) is 40.2 Å². The summed E-state index contributed by atoms with van der Waals surface area (Å²) >= 11 is 0. The van der Waals surface area contributed by atoms with Gasteiger partial charge in [0.05, 0.1) is 19.6 Å². The summed E-state index contributed by atoms with van der Waals surface area (Å²) in [7, 11) is 1.21. The molecule has 0 aliphatic rings. The monoisotopic (exact) mass is 553 g/mol. The molecule has 4 atom stereocenters. The Labute approximate surface area is 230 Å². The number of carbonyl (C=O) groups excluding carboxylic acids is 4. The van der Waals surface area contributed by atoms with Crippen molar-refractivity contribution in [3.63, 3.8) is 0 Å². The summed E-state index contributed by atoms with van der Waals surface area (Å²) in [5.41, 5.74) is 5.33. The van der Waals surface area contributed by atoms with Crippen LogP contribution in [-0.4, -0.2) is 55.7 Å². The molecule has 1 aromatic rings. The molecule has 11 nitrogen and oxygen atoms in total. The highest BCUT2D eigenvalue weighted by atomic mass is 16.7. The van der Waals surface area contributed by atoms with Crippen molar-refractivity contribution in [2.75, 3.05) is 13.7 Å². The molecule has 0 saturated carbocycles. The van der Waals surface area contributed by atoms with Crippen molar-refractivity contribution in [2.45, 2.75) is 97.8 Å². The summed E-state index contributed by atoms with van der Waals surface area (Å²) < 4.78 is 31.2. The van der Waals surface area contributed by atoms with Crippen LogP contribution in [-0.2, 0) is 35.0 Å². The maximum absolute atomic E-state index is 12.6. The molecule has 0 aliphatic heterocycles. The molecule has 0 heterocycles. The molecular weight excluding hydrogens is 510 g/mol. The zero-order valence-corrected chi connectivity index (χ0v) is 24.1. The van der Waals surface area contributed by atoms with Crippen molar-refractivity contribution in [1.29, 1.82) is 0 Å². The normalized spacial score (nSPS) is 14.7. The van der Waals surface area contributed by atoms with E-state index in [0.717, 1.165) is 6.42 Å². The van der Waals surface area contributed by atoms with E-state index in [1.807, 2.05) is 20.8 Å². The fraction of sp³-hybridized carbons (Fsp3) is 0.643. The van der Waals surface area contributed by atoms with Crippen molar-refractivity contribution in [2.24, 2.45) is 11.7 Å². The molecule has 2 N–H and O–H groups in total. The summed E-state index contributed by atoms with van der Waals surface area (Å²) in [5.74, 6) is -1.57. The molecule has 0 aromatic heterocycles. The van der Waals surface area contributed by atoms with Crippen LogP contribution in [0.4, 0.5) is 9.59 Å². The number of rotatable bonds is 15. The Bertz CT molecular complexity index is 966. The third kappa shape index (κ3) is 11.5. The van der Waals surface area contributed by atoms with Crippen LogP contribution < -0.4 is 15.2 Å². The van der Waals surface area contributed by atoms with Crippen molar-refractivity contribution in [3.05, 3.63) is 23.8 Å². The lowest BCUT2D eigenvalue weighted by Crippen LogP contribution is -2.51. The molecule has 0 aliphatic carbocycles. The summed E-state index contributed by atoms with van der Waals surface area (Å²) in [5, 5.41) is 0. The maximum Gasteiger partial charge on any atom is 0.514 e. The van der Waals surface area contributed by atoms with E-state index in [1.165, 1.54) is 19.2 Å². The molecular formula is C28H43NO10. The predicted molar refractivity (Wildman–Crippen MR) is 142 cm³/mol. The molecule has 0 radical (unpaired) electrons. The molecule has 0 spiro atoms. The van der Waals surface area contributed by atoms with E-state index in [2.05, 4.69) is 0 Å². The van der Waals surface area contributed by atoms with Crippen LogP contribution in [0.5, 0.6) is 11.5 Å². The second-order valence-corrected chi connectivity index (χ2v) is 9.59. The van der Waals surface area contributed by atoms with Crippen LogP contribution in [0.2, 0.25) is 0 Å². The van der Waals surface area contributed by atoms with E-state index >= 15 is 0 Å². The number of ether oxygens (including phenoxy) is 6. The number of benzene rings is 1. The zero-order chi connectivity index (χ0) is 29.6. The van der Waals surface area contributed by atoms with Gasteiger partial charge in [-0.3, -0.25) is 9.59 Å². The molecule has 1 aromatic carbocycles. The largest absolute Gasteiger partial charge is 0.514 e. The summed E-state index contributed by atoms with van der Waals surface area (Å²) in [6, 6.07) is 4.35. The van der Waals surface area contributed by atoms with E-state index in [9.17, 15) is 19.2 Å². The van der Waals surface area contributed by atoms with Gasteiger partial charge in [-0.25, -0.2) is 9.59 Å². The Morgan fingerprint density at radius 1 is 0.897 bits per heavy atom. The lowest BCUT2D eigenvalue weighted by Gasteiger charge is -2.27. The molecule has 0 bridgehead atoms. The van der Waals surface area contributed by atoms with E-state index in [1.54, 1.807) is 26.8 Å². The van der Waals surface area contributed by atoms with E-state index < -0.39 is 29.9 Å². The molecule has 220 valence electrons. The first-order chi connectivity index (χ1) is 18.4. The highest BCUT2D eigenvalue weighted by Gasteiger charge is 2.36. The van der Waals surface area contributed by atoms with Crippen LogP contribution in [0.25, 0.3) is 0 Å². The highest BCUT2D eigenvalue weighted by molar-refractivity contribution is 5.81. The van der Waals surface area contributed by atoms with Gasteiger partial charge in [0, 0.05) is 12.8 Å². The molecule has 0 saturated heterocycles. The van der Waals surface area contributed by atoms with Crippen LogP contribution in [0.3, 0.4) is 0 Å². The van der Waals surface area contributed by atoms with Crippen molar-refractivity contribution in [1.82, 2.24) is 0 Å². The topological polar surface area (TPSA) is 150 Å². The SMILES string of the molecule is CCCC(C)C(=O)OCC[C@@](N)(Cc1ccc(OC(=O)O[C@@H](C)CC)c(OC(=O)OC(C)CC)c1)C(=O)OC. The molecule has 1 rings (SSSR count). The Kier molecular flexibility index (Phi) is 14.3. The third-order valence-corrected chi connectivity index (χ3v) is 6.17. The van der Waals surface area contributed by atoms with Crippen molar-refractivity contribution in [3.8, 4) is 11.5 Å². The van der Waals surface area contributed by atoms with E-state index in [4.69, 9.17) is 34.2 Å². The zero-order valence-electron chi connectivity index (χ0n) is 24.1.